The van der Waals surface area contributed by atoms with Crippen LogP contribution < -0.4 is 5.32 Å². The molecule has 3 aromatic carbocycles. The van der Waals surface area contributed by atoms with Gasteiger partial charge in [0, 0.05) is 6.42 Å². The number of hydrogen-bond acceptors (Lipinski definition) is 3. The molecule has 0 unspecified atom stereocenters. The van der Waals surface area contributed by atoms with Crippen molar-refractivity contribution in [2.24, 2.45) is 0 Å². The number of rotatable bonds is 7. The van der Waals surface area contributed by atoms with Crippen molar-refractivity contribution < 1.29 is 19.4 Å². The number of para-hydroxylation sites is 1. The van der Waals surface area contributed by atoms with Crippen molar-refractivity contribution in [3.63, 3.8) is 0 Å². The molecule has 0 aliphatic heterocycles. The molecular weight excluding hydrogens is 366 g/mol. The van der Waals surface area contributed by atoms with Crippen LogP contribution in [0, 0.1) is 0 Å². The Labute approximate surface area is 169 Å². The van der Waals surface area contributed by atoms with Gasteiger partial charge in [-0.15, -0.1) is 0 Å². The van der Waals surface area contributed by atoms with Gasteiger partial charge >= 0.3 is 12.1 Å². The van der Waals surface area contributed by atoms with Crippen molar-refractivity contribution in [2.75, 3.05) is 11.9 Å². The fraction of sp³-hybridized carbons (Fsp3) is 0.0833. The van der Waals surface area contributed by atoms with Crippen LogP contribution in [0.5, 0.6) is 0 Å². The number of carboxylic acids is 1. The summed E-state index contributed by atoms with van der Waals surface area (Å²) in [4.78, 5) is 23.2. The minimum atomic E-state index is -1.11. The third-order valence-electron chi connectivity index (χ3n) is 4.26. The van der Waals surface area contributed by atoms with E-state index in [0.29, 0.717) is 6.42 Å². The average molecular weight is 387 g/mol. The van der Waals surface area contributed by atoms with Crippen molar-refractivity contribution in [3.05, 3.63) is 108 Å². The molecular formula is C24H21NO4. The number of carboxylic acid groups (broad SMARTS) is 1. The molecule has 3 aromatic rings. The van der Waals surface area contributed by atoms with E-state index in [9.17, 15) is 14.7 Å². The van der Waals surface area contributed by atoms with Gasteiger partial charge in [-0.05, 0) is 28.8 Å². The summed E-state index contributed by atoms with van der Waals surface area (Å²) in [7, 11) is 0. The first kappa shape index (κ1) is 19.9. The van der Waals surface area contributed by atoms with Gasteiger partial charge in [0.25, 0.3) is 0 Å². The second-order valence-corrected chi connectivity index (χ2v) is 6.25. The van der Waals surface area contributed by atoms with Gasteiger partial charge in [0.15, 0.2) is 0 Å². The first-order chi connectivity index (χ1) is 14.1. The standard InChI is InChI=1S/C24H21NO4/c26-23(27)21-14-7-8-16-22(21)25-24(28)29-17-9-15-20(18-10-3-1-4-11-18)19-12-5-2-6-13-19/h1-8,10-16H,9,17H2,(H,25,28)(H,26,27). The average Bonchev–Trinajstić information content (AvgIpc) is 2.75. The van der Waals surface area contributed by atoms with E-state index in [4.69, 9.17) is 4.74 Å². The summed E-state index contributed by atoms with van der Waals surface area (Å²) in [5, 5.41) is 11.7. The van der Waals surface area contributed by atoms with Crippen LogP contribution in [0.2, 0.25) is 0 Å². The maximum atomic E-state index is 12.0. The molecule has 3 rings (SSSR count). The Morgan fingerprint density at radius 2 is 1.38 bits per heavy atom. The van der Waals surface area contributed by atoms with E-state index in [-0.39, 0.29) is 17.9 Å². The maximum Gasteiger partial charge on any atom is 0.411 e. The van der Waals surface area contributed by atoms with Crippen LogP contribution in [0.15, 0.2) is 91.0 Å². The molecule has 5 heteroatoms. The van der Waals surface area contributed by atoms with E-state index in [2.05, 4.69) is 5.32 Å². The van der Waals surface area contributed by atoms with Crippen LogP contribution in [0.4, 0.5) is 10.5 Å². The zero-order valence-electron chi connectivity index (χ0n) is 15.7. The fourth-order valence-electron chi connectivity index (χ4n) is 2.92. The van der Waals surface area contributed by atoms with Gasteiger partial charge in [0.2, 0.25) is 0 Å². The lowest BCUT2D eigenvalue weighted by molar-refractivity contribution is 0.0698. The molecule has 0 atom stereocenters. The SMILES string of the molecule is O=C(Nc1ccccc1C(=O)O)OCCC=C(c1ccccc1)c1ccccc1. The normalized spacial score (nSPS) is 10.1. The number of ether oxygens (including phenoxy) is 1. The van der Waals surface area contributed by atoms with E-state index in [0.717, 1.165) is 16.7 Å². The molecule has 29 heavy (non-hydrogen) atoms. The summed E-state index contributed by atoms with van der Waals surface area (Å²) in [6.45, 7) is 0.171. The lowest BCUT2D eigenvalue weighted by Gasteiger charge is -2.10. The summed E-state index contributed by atoms with van der Waals surface area (Å²) in [5.41, 5.74) is 3.44. The number of anilines is 1. The molecule has 0 heterocycles. The van der Waals surface area contributed by atoms with Crippen LogP contribution in [0.25, 0.3) is 5.57 Å². The number of aromatic carboxylic acids is 1. The number of hydrogen-bond donors (Lipinski definition) is 2. The molecule has 0 fully saturated rings. The maximum absolute atomic E-state index is 12.0. The zero-order chi connectivity index (χ0) is 20.5. The summed E-state index contributed by atoms with van der Waals surface area (Å²) in [5.74, 6) is -1.11. The Hall–Kier alpha value is -3.86. The van der Waals surface area contributed by atoms with E-state index in [1.807, 2.05) is 66.7 Å². The van der Waals surface area contributed by atoms with Crippen LogP contribution in [0.3, 0.4) is 0 Å². The largest absolute Gasteiger partial charge is 0.478 e. The van der Waals surface area contributed by atoms with Crippen LogP contribution in [-0.4, -0.2) is 23.8 Å². The third-order valence-corrected chi connectivity index (χ3v) is 4.26. The van der Waals surface area contributed by atoms with E-state index in [1.165, 1.54) is 12.1 Å². The summed E-state index contributed by atoms with van der Waals surface area (Å²) in [6.07, 6.45) is 1.86. The molecule has 0 aromatic heterocycles. The second-order valence-electron chi connectivity index (χ2n) is 6.25. The molecule has 0 spiro atoms. The van der Waals surface area contributed by atoms with Gasteiger partial charge in [-0.1, -0.05) is 78.9 Å². The molecule has 0 bridgehead atoms. The molecule has 146 valence electrons. The predicted octanol–water partition coefficient (Wildman–Crippen LogP) is 5.46. The molecule has 0 aliphatic rings. The van der Waals surface area contributed by atoms with Gasteiger partial charge < -0.3 is 9.84 Å². The highest BCUT2D eigenvalue weighted by atomic mass is 16.5. The Morgan fingerprint density at radius 3 is 1.97 bits per heavy atom. The van der Waals surface area contributed by atoms with Gasteiger partial charge in [-0.3, -0.25) is 5.32 Å². The van der Waals surface area contributed by atoms with Crippen molar-refractivity contribution in [2.45, 2.75) is 6.42 Å². The van der Waals surface area contributed by atoms with Gasteiger partial charge in [-0.2, -0.15) is 0 Å². The monoisotopic (exact) mass is 387 g/mol. The predicted molar refractivity (Wildman–Crippen MR) is 113 cm³/mol. The first-order valence-electron chi connectivity index (χ1n) is 9.22. The molecule has 1 amide bonds. The van der Waals surface area contributed by atoms with E-state index >= 15 is 0 Å². The lowest BCUT2D eigenvalue weighted by Crippen LogP contribution is -2.16. The van der Waals surface area contributed by atoms with Crippen molar-refractivity contribution in [3.8, 4) is 0 Å². The second kappa shape index (κ2) is 9.90. The topological polar surface area (TPSA) is 75.6 Å². The summed E-state index contributed by atoms with van der Waals surface area (Å²) < 4.78 is 5.22. The highest BCUT2D eigenvalue weighted by Crippen LogP contribution is 2.23. The number of nitrogens with one attached hydrogen (secondary N) is 1. The highest BCUT2D eigenvalue weighted by Gasteiger charge is 2.12. The van der Waals surface area contributed by atoms with E-state index < -0.39 is 12.1 Å². The van der Waals surface area contributed by atoms with Crippen LogP contribution in [0.1, 0.15) is 27.9 Å². The minimum absolute atomic E-state index is 0.0137. The van der Waals surface area contributed by atoms with Crippen LogP contribution in [-0.2, 0) is 4.74 Å². The quantitative estimate of drug-likeness (QED) is 0.528. The first-order valence-corrected chi connectivity index (χ1v) is 9.22. The molecule has 0 aliphatic carbocycles. The molecule has 0 saturated heterocycles. The highest BCUT2D eigenvalue weighted by molar-refractivity contribution is 5.98. The van der Waals surface area contributed by atoms with Crippen molar-refractivity contribution in [1.82, 2.24) is 0 Å². The Kier molecular flexibility index (Phi) is 6.79. The minimum Gasteiger partial charge on any atom is -0.478 e. The summed E-state index contributed by atoms with van der Waals surface area (Å²) in [6, 6.07) is 26.2. The van der Waals surface area contributed by atoms with Gasteiger partial charge in [-0.25, -0.2) is 9.59 Å². The van der Waals surface area contributed by atoms with E-state index in [1.54, 1.807) is 12.1 Å². The number of carbonyl (C=O) groups is 2. The van der Waals surface area contributed by atoms with Crippen molar-refractivity contribution in [1.29, 1.82) is 0 Å². The smallest absolute Gasteiger partial charge is 0.411 e. The van der Waals surface area contributed by atoms with Crippen molar-refractivity contribution >= 4 is 23.3 Å². The lowest BCUT2D eigenvalue weighted by atomic mass is 9.97. The molecule has 0 radical (unpaired) electrons. The summed E-state index contributed by atoms with van der Waals surface area (Å²) >= 11 is 0. The molecule has 0 saturated carbocycles. The van der Waals surface area contributed by atoms with Crippen LogP contribution >= 0.6 is 0 Å². The number of carbonyl (C=O) groups excluding carboxylic acids is 1. The molecule has 2 N–H and O–H groups in total. The Morgan fingerprint density at radius 1 is 0.828 bits per heavy atom. The van der Waals surface area contributed by atoms with Gasteiger partial charge in [0.1, 0.15) is 0 Å². The Bertz CT molecular complexity index is 956. The molecule has 5 nitrogen and oxygen atoms in total. The number of amides is 1. The Balaban J connectivity index is 1.63. The zero-order valence-corrected chi connectivity index (χ0v) is 15.7. The number of benzene rings is 3. The third kappa shape index (κ3) is 5.56. The van der Waals surface area contributed by atoms with Gasteiger partial charge in [0.05, 0.1) is 17.9 Å². The fourth-order valence-corrected chi connectivity index (χ4v) is 2.92.